The Bertz CT molecular complexity index is 1350. The topological polar surface area (TPSA) is 59.1 Å². The average Bonchev–Trinajstić information content (AvgIpc) is 3.21. The predicted octanol–water partition coefficient (Wildman–Crippen LogP) is 7.50. The standard InChI is InChI=1S/C26H23ClN2O2S2/c1-2-6-24-25(22-13-15-23(27)16-14-22)28-26(32-24)29-33(30,31)18-17-19-9-11-21(12-10-19)20-7-4-3-5-8-20/h3-5,7-18H,2,6H2,1H3,(H,28,29)/b18-17+. The number of thiazole rings is 1. The largest absolute Gasteiger partial charge is 0.256 e. The minimum atomic E-state index is -3.71. The molecule has 4 nitrogen and oxygen atoms in total. The number of aryl methyl sites for hydroxylation is 1. The number of sulfonamides is 1. The summed E-state index contributed by atoms with van der Waals surface area (Å²) in [7, 11) is -3.71. The Balaban J connectivity index is 1.51. The molecule has 0 saturated heterocycles. The molecule has 0 unspecified atom stereocenters. The molecule has 0 atom stereocenters. The highest BCUT2D eigenvalue weighted by atomic mass is 35.5. The van der Waals surface area contributed by atoms with Crippen LogP contribution in [0.5, 0.6) is 0 Å². The Morgan fingerprint density at radius 2 is 1.55 bits per heavy atom. The zero-order valence-corrected chi connectivity index (χ0v) is 20.4. The van der Waals surface area contributed by atoms with E-state index in [1.165, 1.54) is 16.7 Å². The van der Waals surface area contributed by atoms with E-state index in [4.69, 9.17) is 11.6 Å². The molecular formula is C26H23ClN2O2S2. The molecule has 0 aliphatic carbocycles. The Labute approximate surface area is 203 Å². The monoisotopic (exact) mass is 494 g/mol. The fraction of sp³-hybridized carbons (Fsp3) is 0.115. The van der Waals surface area contributed by atoms with Gasteiger partial charge in [0, 0.05) is 15.5 Å². The van der Waals surface area contributed by atoms with Gasteiger partial charge in [0.2, 0.25) is 0 Å². The molecule has 1 heterocycles. The molecule has 0 saturated carbocycles. The SMILES string of the molecule is CCCc1sc(NS(=O)(=O)/C=C/c2ccc(-c3ccccc3)cc2)nc1-c1ccc(Cl)cc1. The van der Waals surface area contributed by atoms with Gasteiger partial charge in [-0.3, -0.25) is 4.72 Å². The summed E-state index contributed by atoms with van der Waals surface area (Å²) in [4.78, 5) is 5.61. The van der Waals surface area contributed by atoms with Gasteiger partial charge in [-0.1, -0.05) is 91.7 Å². The first-order valence-corrected chi connectivity index (χ1v) is 13.3. The van der Waals surface area contributed by atoms with Crippen molar-refractivity contribution in [3.63, 3.8) is 0 Å². The van der Waals surface area contributed by atoms with Gasteiger partial charge in [0.05, 0.1) is 11.1 Å². The average molecular weight is 495 g/mol. The maximum atomic E-state index is 12.7. The van der Waals surface area contributed by atoms with Crippen molar-refractivity contribution in [2.75, 3.05) is 4.72 Å². The van der Waals surface area contributed by atoms with E-state index in [1.807, 2.05) is 78.9 Å². The van der Waals surface area contributed by atoms with Crippen molar-refractivity contribution in [3.8, 4) is 22.4 Å². The highest BCUT2D eigenvalue weighted by molar-refractivity contribution is 7.95. The highest BCUT2D eigenvalue weighted by Gasteiger charge is 2.16. The van der Waals surface area contributed by atoms with Crippen LogP contribution in [0.2, 0.25) is 5.02 Å². The van der Waals surface area contributed by atoms with Crippen LogP contribution in [0.3, 0.4) is 0 Å². The molecule has 3 aromatic carbocycles. The first-order valence-electron chi connectivity index (χ1n) is 10.6. The van der Waals surface area contributed by atoms with Crippen LogP contribution >= 0.6 is 22.9 Å². The molecule has 1 N–H and O–H groups in total. The lowest BCUT2D eigenvalue weighted by molar-refractivity contribution is 0.609. The first-order chi connectivity index (χ1) is 15.9. The zero-order chi connectivity index (χ0) is 23.3. The summed E-state index contributed by atoms with van der Waals surface area (Å²) in [5, 5.41) is 2.18. The molecular weight excluding hydrogens is 472 g/mol. The Morgan fingerprint density at radius 1 is 0.909 bits per heavy atom. The van der Waals surface area contributed by atoms with Crippen LogP contribution in [0.15, 0.2) is 84.3 Å². The molecule has 0 bridgehead atoms. The van der Waals surface area contributed by atoms with Gasteiger partial charge in [-0.25, -0.2) is 13.4 Å². The van der Waals surface area contributed by atoms with Crippen LogP contribution in [0, 0.1) is 0 Å². The molecule has 168 valence electrons. The summed E-state index contributed by atoms with van der Waals surface area (Å²) in [5.74, 6) is 0. The number of nitrogens with one attached hydrogen (secondary N) is 1. The smallest absolute Gasteiger partial charge is 0.255 e. The van der Waals surface area contributed by atoms with Crippen molar-refractivity contribution in [2.24, 2.45) is 0 Å². The lowest BCUT2D eigenvalue weighted by Crippen LogP contribution is -2.08. The van der Waals surface area contributed by atoms with Crippen LogP contribution in [0.1, 0.15) is 23.8 Å². The second kappa shape index (κ2) is 10.3. The fourth-order valence-corrected chi connectivity index (χ4v) is 5.64. The summed E-state index contributed by atoms with van der Waals surface area (Å²) in [6.07, 6.45) is 3.34. The van der Waals surface area contributed by atoms with Crippen molar-refractivity contribution >= 4 is 44.2 Å². The van der Waals surface area contributed by atoms with Crippen molar-refractivity contribution in [3.05, 3.63) is 99.7 Å². The number of rotatable bonds is 8. The van der Waals surface area contributed by atoms with Crippen molar-refractivity contribution in [2.45, 2.75) is 19.8 Å². The summed E-state index contributed by atoms with van der Waals surface area (Å²) < 4.78 is 27.9. The fourth-order valence-electron chi connectivity index (χ4n) is 3.37. The van der Waals surface area contributed by atoms with Crippen molar-refractivity contribution < 1.29 is 8.42 Å². The van der Waals surface area contributed by atoms with Crippen LogP contribution in [-0.2, 0) is 16.4 Å². The van der Waals surface area contributed by atoms with E-state index in [2.05, 4.69) is 16.6 Å². The maximum absolute atomic E-state index is 12.7. The van der Waals surface area contributed by atoms with Crippen LogP contribution in [0.25, 0.3) is 28.5 Å². The number of hydrogen-bond acceptors (Lipinski definition) is 4. The zero-order valence-electron chi connectivity index (χ0n) is 18.0. The maximum Gasteiger partial charge on any atom is 0.256 e. The molecule has 7 heteroatoms. The summed E-state index contributed by atoms with van der Waals surface area (Å²) in [5.41, 5.74) is 4.70. The molecule has 0 aliphatic heterocycles. The summed E-state index contributed by atoms with van der Waals surface area (Å²) >= 11 is 7.36. The third-order valence-corrected chi connectivity index (χ3v) is 7.36. The van der Waals surface area contributed by atoms with E-state index in [0.717, 1.165) is 45.7 Å². The third kappa shape index (κ3) is 6.11. The van der Waals surface area contributed by atoms with E-state index in [1.54, 1.807) is 6.08 Å². The molecule has 4 rings (SSSR count). The van der Waals surface area contributed by atoms with Gasteiger partial charge >= 0.3 is 0 Å². The van der Waals surface area contributed by atoms with E-state index in [-0.39, 0.29) is 0 Å². The Morgan fingerprint density at radius 3 is 2.21 bits per heavy atom. The number of benzene rings is 3. The lowest BCUT2D eigenvalue weighted by Gasteiger charge is -2.02. The lowest BCUT2D eigenvalue weighted by atomic mass is 10.0. The highest BCUT2D eigenvalue weighted by Crippen LogP contribution is 2.33. The number of aromatic nitrogens is 1. The molecule has 0 spiro atoms. The second-order valence-electron chi connectivity index (χ2n) is 7.49. The van der Waals surface area contributed by atoms with E-state index >= 15 is 0 Å². The minimum Gasteiger partial charge on any atom is -0.255 e. The molecule has 33 heavy (non-hydrogen) atoms. The van der Waals surface area contributed by atoms with Gasteiger partial charge in [0.15, 0.2) is 5.13 Å². The van der Waals surface area contributed by atoms with E-state index in [0.29, 0.717) is 10.2 Å². The summed E-state index contributed by atoms with van der Waals surface area (Å²) in [6.45, 7) is 2.08. The molecule has 4 aromatic rings. The molecule has 0 fully saturated rings. The number of nitrogens with zero attached hydrogens (tertiary/aromatic N) is 1. The number of halogens is 1. The second-order valence-corrected chi connectivity index (χ2v) is 10.6. The van der Waals surface area contributed by atoms with Crippen molar-refractivity contribution in [1.82, 2.24) is 4.98 Å². The molecule has 0 aliphatic rings. The minimum absolute atomic E-state index is 0.354. The van der Waals surface area contributed by atoms with Gasteiger partial charge in [0.1, 0.15) is 0 Å². The van der Waals surface area contributed by atoms with Gasteiger partial charge in [-0.05, 0) is 41.3 Å². The van der Waals surface area contributed by atoms with Gasteiger partial charge in [-0.15, -0.1) is 11.3 Å². The predicted molar refractivity (Wildman–Crippen MR) is 140 cm³/mol. The Kier molecular flexibility index (Phi) is 7.28. The van der Waals surface area contributed by atoms with Crippen LogP contribution in [-0.4, -0.2) is 13.4 Å². The molecule has 1 aromatic heterocycles. The van der Waals surface area contributed by atoms with Crippen LogP contribution in [0.4, 0.5) is 5.13 Å². The normalized spacial score (nSPS) is 11.7. The molecule has 0 amide bonds. The van der Waals surface area contributed by atoms with E-state index in [9.17, 15) is 8.42 Å². The van der Waals surface area contributed by atoms with Gasteiger partial charge < -0.3 is 0 Å². The van der Waals surface area contributed by atoms with Gasteiger partial charge in [-0.2, -0.15) is 0 Å². The van der Waals surface area contributed by atoms with Gasteiger partial charge in [0.25, 0.3) is 10.0 Å². The first kappa shape index (κ1) is 23.2. The van der Waals surface area contributed by atoms with Crippen LogP contribution < -0.4 is 4.72 Å². The molecule has 0 radical (unpaired) electrons. The number of hydrogen-bond donors (Lipinski definition) is 1. The number of anilines is 1. The summed E-state index contributed by atoms with van der Waals surface area (Å²) in [6, 6.07) is 25.2. The van der Waals surface area contributed by atoms with E-state index < -0.39 is 10.0 Å². The van der Waals surface area contributed by atoms with Crippen molar-refractivity contribution in [1.29, 1.82) is 0 Å². The third-order valence-electron chi connectivity index (χ3n) is 4.98. The quantitative estimate of drug-likeness (QED) is 0.276. The Hall–Kier alpha value is -2.93.